The fourth-order valence-corrected chi connectivity index (χ4v) is 2.16. The molecular weight excluding hydrogens is 411 g/mol. The summed E-state index contributed by atoms with van der Waals surface area (Å²) in [5.41, 5.74) is -1.93. The second kappa shape index (κ2) is 18.5. The molecule has 6 nitrogen and oxygen atoms in total. The predicted molar refractivity (Wildman–Crippen MR) is 121 cm³/mol. The molecule has 0 rings (SSSR count). The summed E-state index contributed by atoms with van der Waals surface area (Å²) in [6.07, 6.45) is 8.14. The van der Waals surface area contributed by atoms with Gasteiger partial charge in [-0.15, -0.1) is 0 Å². The van der Waals surface area contributed by atoms with E-state index < -0.39 is 34.2 Å². The first kappa shape index (κ1) is 37.3. The molecule has 0 aliphatic heterocycles. The number of hydrogen-bond acceptors (Lipinski definition) is 6. The molecule has 0 atom stereocenters. The number of carbonyl (C=O) groups is 3. The minimum absolute atomic E-state index is 0. The molecule has 0 N–H and O–H groups in total. The molecule has 0 amide bonds. The van der Waals surface area contributed by atoms with Crippen molar-refractivity contribution in [3.8, 4) is 0 Å². The molecule has 0 aromatic heterocycles. The molecular formula is C24H45AlO6. The van der Waals surface area contributed by atoms with Crippen LogP contribution in [0.15, 0.2) is 0 Å². The molecule has 0 radical (unpaired) electrons. The summed E-state index contributed by atoms with van der Waals surface area (Å²) < 4.78 is 0. The first-order valence-electron chi connectivity index (χ1n) is 11.2. The Morgan fingerprint density at radius 3 is 0.774 bits per heavy atom. The van der Waals surface area contributed by atoms with Crippen molar-refractivity contribution in [3.05, 3.63) is 0 Å². The number of aliphatic carboxylic acids is 3. The second-order valence-corrected chi connectivity index (χ2v) is 9.82. The number of carbonyl (C=O) groups excluding carboxylic acids is 3. The molecule has 7 heteroatoms. The molecule has 0 fully saturated rings. The van der Waals surface area contributed by atoms with Crippen LogP contribution in [0, 0.1) is 16.2 Å². The Kier molecular flexibility index (Phi) is 22.3. The second-order valence-electron chi connectivity index (χ2n) is 9.82. The Morgan fingerprint density at radius 2 is 0.677 bits per heavy atom. The van der Waals surface area contributed by atoms with Gasteiger partial charge in [-0.25, -0.2) is 0 Å². The fraction of sp³-hybridized carbons (Fsp3) is 0.875. The standard InChI is InChI=1S/3C8H16O2.Al/c3*1-4-5-6-8(2,3)7(9)10;/h3*4-6H2,1-3H3,(H,9,10);/q;;;+3/p-3. The maximum absolute atomic E-state index is 10.4. The summed E-state index contributed by atoms with van der Waals surface area (Å²) in [5, 5.41) is 31.2. The molecule has 180 valence electrons. The SMILES string of the molecule is CCCCC(C)(C)C(=O)[O-].CCCCC(C)(C)C(=O)[O-].CCCCC(C)(C)C(=O)[O-].[Al+3]. The number of carboxylic acids is 3. The van der Waals surface area contributed by atoms with E-state index in [0.29, 0.717) is 19.3 Å². The number of unbranched alkanes of at least 4 members (excludes halogenated alkanes) is 3. The zero-order valence-corrected chi connectivity index (χ0v) is 22.5. The Labute approximate surface area is 201 Å². The van der Waals surface area contributed by atoms with Gasteiger partial charge in [0.25, 0.3) is 0 Å². The summed E-state index contributed by atoms with van der Waals surface area (Å²) in [7, 11) is 0. The molecule has 31 heavy (non-hydrogen) atoms. The molecule has 0 heterocycles. The third-order valence-electron chi connectivity index (χ3n) is 5.12. The van der Waals surface area contributed by atoms with Crippen LogP contribution in [0.5, 0.6) is 0 Å². The van der Waals surface area contributed by atoms with E-state index in [-0.39, 0.29) is 17.4 Å². The monoisotopic (exact) mass is 456 g/mol. The van der Waals surface area contributed by atoms with Crippen molar-refractivity contribution in [1.29, 1.82) is 0 Å². The Bertz CT molecular complexity index is 427. The average Bonchev–Trinajstić information content (AvgIpc) is 2.63. The zero-order valence-electron chi connectivity index (χ0n) is 21.4. The van der Waals surface area contributed by atoms with Gasteiger partial charge in [0.15, 0.2) is 0 Å². The summed E-state index contributed by atoms with van der Waals surface area (Å²) in [5.74, 6) is -2.83. The van der Waals surface area contributed by atoms with Crippen molar-refractivity contribution in [1.82, 2.24) is 0 Å². The number of rotatable bonds is 12. The van der Waals surface area contributed by atoms with Gasteiger partial charge in [0.05, 0.1) is 0 Å². The summed E-state index contributed by atoms with van der Waals surface area (Å²) >= 11 is 0. The van der Waals surface area contributed by atoms with E-state index in [4.69, 9.17) is 0 Å². The summed E-state index contributed by atoms with van der Waals surface area (Å²) in [4.78, 5) is 31.2. The quantitative estimate of drug-likeness (QED) is 0.416. The van der Waals surface area contributed by atoms with Crippen molar-refractivity contribution < 1.29 is 29.7 Å². The van der Waals surface area contributed by atoms with E-state index in [1.165, 1.54) is 0 Å². The van der Waals surface area contributed by atoms with Crippen LogP contribution in [-0.4, -0.2) is 35.3 Å². The van der Waals surface area contributed by atoms with Crippen LogP contribution in [0.3, 0.4) is 0 Å². The Balaban J connectivity index is -0.000000174. The third-order valence-corrected chi connectivity index (χ3v) is 5.12. The first-order chi connectivity index (χ1) is 13.5. The van der Waals surface area contributed by atoms with E-state index in [2.05, 4.69) is 0 Å². The Hall–Kier alpha value is -1.06. The van der Waals surface area contributed by atoms with Crippen molar-refractivity contribution in [3.63, 3.8) is 0 Å². The van der Waals surface area contributed by atoms with Gasteiger partial charge in [-0.3, -0.25) is 0 Å². The molecule has 0 aromatic carbocycles. The van der Waals surface area contributed by atoms with E-state index in [1.807, 2.05) is 20.8 Å². The van der Waals surface area contributed by atoms with Crippen LogP contribution >= 0.6 is 0 Å². The number of carboxylic acid groups (broad SMARTS) is 3. The van der Waals surface area contributed by atoms with Gasteiger partial charge in [0.1, 0.15) is 0 Å². The molecule has 0 saturated carbocycles. The Morgan fingerprint density at radius 1 is 0.516 bits per heavy atom. The van der Waals surface area contributed by atoms with E-state index >= 15 is 0 Å². The van der Waals surface area contributed by atoms with Gasteiger partial charge in [-0.1, -0.05) is 101 Å². The third kappa shape index (κ3) is 20.6. The minimum atomic E-state index is -0.944. The molecule has 0 unspecified atom stereocenters. The summed E-state index contributed by atoms with van der Waals surface area (Å²) in [6.45, 7) is 16.4. The maximum Gasteiger partial charge on any atom is 3.00 e. The normalized spacial score (nSPS) is 11.1. The molecule has 0 aliphatic rings. The van der Waals surface area contributed by atoms with Gasteiger partial charge in [-0.2, -0.15) is 0 Å². The number of hydrogen-bond donors (Lipinski definition) is 0. The van der Waals surface area contributed by atoms with Crippen molar-refractivity contribution in [2.45, 2.75) is 120 Å². The van der Waals surface area contributed by atoms with Crippen LogP contribution in [-0.2, 0) is 14.4 Å². The van der Waals surface area contributed by atoms with E-state index in [1.54, 1.807) is 41.5 Å². The van der Waals surface area contributed by atoms with Crippen LogP contribution in [0.1, 0.15) is 120 Å². The van der Waals surface area contributed by atoms with Gasteiger partial charge in [0.2, 0.25) is 0 Å². The smallest absolute Gasteiger partial charge is 0.550 e. The van der Waals surface area contributed by atoms with Gasteiger partial charge < -0.3 is 29.7 Å². The van der Waals surface area contributed by atoms with Gasteiger partial charge >= 0.3 is 17.4 Å². The average molecular weight is 457 g/mol. The predicted octanol–water partition coefficient (Wildman–Crippen LogP) is 2.48. The van der Waals surface area contributed by atoms with Gasteiger partial charge in [-0.05, 0) is 19.3 Å². The van der Waals surface area contributed by atoms with Crippen LogP contribution in [0.2, 0.25) is 0 Å². The van der Waals surface area contributed by atoms with Crippen LogP contribution in [0.25, 0.3) is 0 Å². The minimum Gasteiger partial charge on any atom is -0.550 e. The largest absolute Gasteiger partial charge is 3.00 e. The maximum atomic E-state index is 10.4. The fourth-order valence-electron chi connectivity index (χ4n) is 2.16. The van der Waals surface area contributed by atoms with Crippen LogP contribution in [0.4, 0.5) is 0 Å². The van der Waals surface area contributed by atoms with E-state index in [9.17, 15) is 29.7 Å². The summed E-state index contributed by atoms with van der Waals surface area (Å²) in [6, 6.07) is 0. The van der Waals surface area contributed by atoms with Crippen molar-refractivity contribution >= 4 is 35.3 Å². The first-order valence-corrected chi connectivity index (χ1v) is 11.2. The van der Waals surface area contributed by atoms with Crippen LogP contribution < -0.4 is 15.3 Å². The molecule has 0 aliphatic carbocycles. The van der Waals surface area contributed by atoms with Gasteiger partial charge in [0, 0.05) is 34.2 Å². The van der Waals surface area contributed by atoms with Crippen molar-refractivity contribution in [2.24, 2.45) is 16.2 Å². The molecule has 0 aromatic rings. The molecule has 0 saturated heterocycles. The molecule has 0 spiro atoms. The zero-order chi connectivity index (χ0) is 24.6. The van der Waals surface area contributed by atoms with E-state index in [0.717, 1.165) is 38.5 Å². The van der Waals surface area contributed by atoms with Crippen molar-refractivity contribution in [2.75, 3.05) is 0 Å². The topological polar surface area (TPSA) is 120 Å². The molecule has 0 bridgehead atoms.